The molecule has 19 heavy (non-hydrogen) atoms. The maximum atomic E-state index is 11.9. The number of ether oxygens (including phenoxy) is 1. The number of carbonyl (C=O) groups excluding carboxylic acids is 1. The van der Waals surface area contributed by atoms with E-state index in [9.17, 15) is 9.90 Å². The predicted molar refractivity (Wildman–Crippen MR) is 71.6 cm³/mol. The van der Waals surface area contributed by atoms with Crippen molar-refractivity contribution in [3.8, 4) is 5.75 Å². The van der Waals surface area contributed by atoms with Crippen molar-refractivity contribution in [3.05, 3.63) is 29.8 Å². The zero-order valence-corrected chi connectivity index (χ0v) is 10.9. The lowest BCUT2D eigenvalue weighted by atomic mass is 10.1. The van der Waals surface area contributed by atoms with Crippen LogP contribution in [0.1, 0.15) is 18.4 Å². The Balaban J connectivity index is 1.82. The number of aliphatic hydroxyl groups is 1. The quantitative estimate of drug-likeness (QED) is 0.830. The van der Waals surface area contributed by atoms with E-state index in [1.165, 1.54) is 0 Å². The minimum Gasteiger partial charge on any atom is -0.484 e. The number of benzene rings is 1. The molecule has 1 aliphatic rings. The van der Waals surface area contributed by atoms with E-state index in [4.69, 9.17) is 10.5 Å². The Morgan fingerprint density at radius 3 is 2.79 bits per heavy atom. The summed E-state index contributed by atoms with van der Waals surface area (Å²) in [7, 11) is 0. The van der Waals surface area contributed by atoms with Gasteiger partial charge in [0, 0.05) is 19.6 Å². The lowest BCUT2D eigenvalue weighted by Gasteiger charge is -2.30. The fraction of sp³-hybridized carbons (Fsp3) is 0.500. The number of carbonyl (C=O) groups is 1. The molecule has 1 aromatic carbocycles. The monoisotopic (exact) mass is 264 g/mol. The van der Waals surface area contributed by atoms with Gasteiger partial charge in [-0.15, -0.1) is 0 Å². The topological polar surface area (TPSA) is 75.8 Å². The van der Waals surface area contributed by atoms with Gasteiger partial charge in [0.05, 0.1) is 6.10 Å². The molecule has 0 aliphatic carbocycles. The molecule has 1 amide bonds. The van der Waals surface area contributed by atoms with Gasteiger partial charge >= 0.3 is 0 Å². The number of rotatable bonds is 4. The Kier molecular flexibility index (Phi) is 4.76. The van der Waals surface area contributed by atoms with Crippen molar-refractivity contribution in [2.24, 2.45) is 5.73 Å². The number of nitrogens with zero attached hydrogens (tertiary/aromatic N) is 1. The van der Waals surface area contributed by atoms with Gasteiger partial charge in [-0.1, -0.05) is 12.1 Å². The maximum Gasteiger partial charge on any atom is 0.260 e. The highest BCUT2D eigenvalue weighted by Gasteiger charge is 2.22. The predicted octanol–water partition coefficient (Wildman–Crippen LogP) is 0.507. The van der Waals surface area contributed by atoms with Crippen LogP contribution in [0.5, 0.6) is 5.75 Å². The third-order valence-electron chi connectivity index (χ3n) is 3.27. The Morgan fingerprint density at radius 1 is 1.42 bits per heavy atom. The molecule has 104 valence electrons. The molecule has 0 aromatic heterocycles. The average Bonchev–Trinajstić information content (AvgIpc) is 2.45. The van der Waals surface area contributed by atoms with E-state index in [0.717, 1.165) is 18.4 Å². The molecule has 1 fully saturated rings. The van der Waals surface area contributed by atoms with Gasteiger partial charge in [-0.05, 0) is 30.5 Å². The second kappa shape index (κ2) is 6.54. The van der Waals surface area contributed by atoms with Gasteiger partial charge in [-0.3, -0.25) is 4.79 Å². The molecular formula is C14H20N2O3. The lowest BCUT2D eigenvalue weighted by molar-refractivity contribution is -0.136. The van der Waals surface area contributed by atoms with Crippen LogP contribution in [0, 0.1) is 0 Å². The van der Waals surface area contributed by atoms with E-state index in [1.807, 2.05) is 12.1 Å². The largest absolute Gasteiger partial charge is 0.484 e. The first-order valence-electron chi connectivity index (χ1n) is 6.56. The molecule has 0 bridgehead atoms. The molecular weight excluding hydrogens is 244 g/mol. The summed E-state index contributed by atoms with van der Waals surface area (Å²) in [6.45, 7) is 1.61. The lowest BCUT2D eigenvalue weighted by Crippen LogP contribution is -2.44. The molecule has 0 spiro atoms. The Bertz CT molecular complexity index is 419. The number of likely N-dealkylation sites (tertiary alicyclic amines) is 1. The van der Waals surface area contributed by atoms with E-state index in [1.54, 1.807) is 17.0 Å². The number of nitrogens with two attached hydrogens (primary N) is 1. The Hall–Kier alpha value is -1.59. The summed E-state index contributed by atoms with van der Waals surface area (Å²) in [5.41, 5.74) is 6.53. The van der Waals surface area contributed by atoms with Crippen LogP contribution in [0.15, 0.2) is 24.3 Å². The van der Waals surface area contributed by atoms with Crippen LogP contribution in [0.25, 0.3) is 0 Å². The normalized spacial score (nSPS) is 19.3. The average molecular weight is 264 g/mol. The van der Waals surface area contributed by atoms with Crippen LogP contribution < -0.4 is 10.5 Å². The second-order valence-corrected chi connectivity index (χ2v) is 4.77. The fourth-order valence-corrected chi connectivity index (χ4v) is 2.14. The summed E-state index contributed by atoms with van der Waals surface area (Å²) in [4.78, 5) is 13.6. The smallest absolute Gasteiger partial charge is 0.260 e. The SMILES string of the molecule is NCc1ccc(OCC(=O)N2CCC[C@H](O)C2)cc1. The molecule has 1 atom stereocenters. The molecule has 1 aliphatic heterocycles. The van der Waals surface area contributed by atoms with Gasteiger partial charge in [-0.2, -0.15) is 0 Å². The zero-order chi connectivity index (χ0) is 13.7. The van der Waals surface area contributed by atoms with Crippen molar-refractivity contribution in [2.45, 2.75) is 25.5 Å². The van der Waals surface area contributed by atoms with E-state index in [2.05, 4.69) is 0 Å². The minimum atomic E-state index is -0.401. The first-order valence-corrected chi connectivity index (χ1v) is 6.56. The first-order chi connectivity index (χ1) is 9.19. The second-order valence-electron chi connectivity index (χ2n) is 4.77. The van der Waals surface area contributed by atoms with Crippen molar-refractivity contribution in [1.29, 1.82) is 0 Å². The van der Waals surface area contributed by atoms with Crippen LogP contribution in [-0.4, -0.2) is 41.7 Å². The van der Waals surface area contributed by atoms with E-state index in [0.29, 0.717) is 25.4 Å². The van der Waals surface area contributed by atoms with Crippen molar-refractivity contribution >= 4 is 5.91 Å². The van der Waals surface area contributed by atoms with Crippen LogP contribution in [0.4, 0.5) is 0 Å². The molecule has 0 saturated carbocycles. The third kappa shape index (κ3) is 3.94. The number of hydrogen-bond donors (Lipinski definition) is 2. The number of aliphatic hydroxyl groups excluding tert-OH is 1. The molecule has 1 heterocycles. The Labute approximate surface area is 113 Å². The van der Waals surface area contributed by atoms with Gasteiger partial charge in [0.15, 0.2) is 6.61 Å². The van der Waals surface area contributed by atoms with Crippen molar-refractivity contribution in [1.82, 2.24) is 4.90 Å². The highest BCUT2D eigenvalue weighted by molar-refractivity contribution is 5.77. The Morgan fingerprint density at radius 2 is 2.16 bits per heavy atom. The standard InChI is InChI=1S/C14H20N2O3/c15-8-11-3-5-13(6-4-11)19-10-14(18)16-7-1-2-12(17)9-16/h3-6,12,17H,1-2,7-10,15H2/t12-/m0/s1. The van der Waals surface area contributed by atoms with Gasteiger partial charge in [0.25, 0.3) is 5.91 Å². The summed E-state index contributed by atoms with van der Waals surface area (Å²) in [6, 6.07) is 7.37. The van der Waals surface area contributed by atoms with Gasteiger partial charge in [0.1, 0.15) is 5.75 Å². The highest BCUT2D eigenvalue weighted by Crippen LogP contribution is 2.13. The van der Waals surface area contributed by atoms with Crippen LogP contribution in [0.2, 0.25) is 0 Å². The van der Waals surface area contributed by atoms with Gasteiger partial charge < -0.3 is 20.5 Å². The molecule has 5 nitrogen and oxygen atoms in total. The summed E-state index contributed by atoms with van der Waals surface area (Å²) in [5.74, 6) is 0.574. The molecule has 0 radical (unpaired) electrons. The molecule has 5 heteroatoms. The number of hydrogen-bond acceptors (Lipinski definition) is 4. The summed E-state index contributed by atoms with van der Waals surface area (Å²) >= 11 is 0. The molecule has 2 rings (SSSR count). The maximum absolute atomic E-state index is 11.9. The van der Waals surface area contributed by atoms with Crippen molar-refractivity contribution in [3.63, 3.8) is 0 Å². The van der Waals surface area contributed by atoms with E-state index < -0.39 is 6.10 Å². The summed E-state index contributed by atoms with van der Waals surface area (Å²) in [6.07, 6.45) is 1.21. The molecule has 1 saturated heterocycles. The van der Waals surface area contributed by atoms with E-state index in [-0.39, 0.29) is 12.5 Å². The molecule has 1 aromatic rings. The molecule has 0 unspecified atom stereocenters. The zero-order valence-electron chi connectivity index (χ0n) is 10.9. The number of amides is 1. The van der Waals surface area contributed by atoms with Crippen LogP contribution >= 0.6 is 0 Å². The molecule has 3 N–H and O–H groups in total. The van der Waals surface area contributed by atoms with Crippen molar-refractivity contribution in [2.75, 3.05) is 19.7 Å². The third-order valence-corrected chi connectivity index (χ3v) is 3.27. The number of β-amino-alcohol motifs (C(OH)–C–C–N with tert-alkyl or cyclic N) is 1. The summed E-state index contributed by atoms with van der Waals surface area (Å²) in [5, 5.41) is 9.52. The summed E-state index contributed by atoms with van der Waals surface area (Å²) < 4.78 is 5.44. The number of piperidine rings is 1. The van der Waals surface area contributed by atoms with Crippen LogP contribution in [-0.2, 0) is 11.3 Å². The van der Waals surface area contributed by atoms with Crippen molar-refractivity contribution < 1.29 is 14.6 Å². The highest BCUT2D eigenvalue weighted by atomic mass is 16.5. The van der Waals surface area contributed by atoms with Gasteiger partial charge in [-0.25, -0.2) is 0 Å². The van der Waals surface area contributed by atoms with Crippen LogP contribution in [0.3, 0.4) is 0 Å². The van der Waals surface area contributed by atoms with Gasteiger partial charge in [0.2, 0.25) is 0 Å². The minimum absolute atomic E-state index is 0.00862. The fourth-order valence-electron chi connectivity index (χ4n) is 2.14. The first kappa shape index (κ1) is 13.8. The van der Waals surface area contributed by atoms with E-state index >= 15 is 0 Å².